The molecule has 0 saturated heterocycles. The van der Waals surface area contributed by atoms with E-state index in [4.69, 9.17) is 5.26 Å². The summed E-state index contributed by atoms with van der Waals surface area (Å²) in [6, 6.07) is 5.49. The molecule has 1 heterocycles. The monoisotopic (exact) mass is 345 g/mol. The third-order valence-corrected chi connectivity index (χ3v) is 6.49. The zero-order chi connectivity index (χ0) is 16.9. The molecule has 2 aromatic rings. The molecule has 2 bridgehead atoms. The summed E-state index contributed by atoms with van der Waals surface area (Å²) in [7, 11) is -3.88. The second-order valence-electron chi connectivity index (χ2n) is 6.54. The van der Waals surface area contributed by atoms with Gasteiger partial charge in [0.2, 0.25) is 0 Å². The summed E-state index contributed by atoms with van der Waals surface area (Å²) < 4.78 is 41.7. The lowest BCUT2D eigenvalue weighted by Crippen LogP contribution is -2.17. The van der Waals surface area contributed by atoms with E-state index in [-0.39, 0.29) is 16.1 Å². The van der Waals surface area contributed by atoms with E-state index in [2.05, 4.69) is 9.71 Å². The van der Waals surface area contributed by atoms with Gasteiger partial charge in [-0.25, -0.2) is 12.8 Å². The molecule has 1 aromatic heterocycles. The lowest BCUT2D eigenvalue weighted by molar-refractivity contribution is 0.502. The summed E-state index contributed by atoms with van der Waals surface area (Å²) in [5, 5.41) is 8.76. The second kappa shape index (κ2) is 5.35. The standard InChI is InChI=1S/C17H16FN3O2S/c18-14-7-11(8-19)2-4-15(14)21-24(22,23)16-9-20-17-12-3-1-10(5-12)6-13(16)17/h2,4,7,9-10,12,20-21H,1,3,5-6H2. The molecule has 1 saturated carbocycles. The van der Waals surface area contributed by atoms with E-state index in [1.165, 1.54) is 18.3 Å². The van der Waals surface area contributed by atoms with E-state index < -0.39 is 15.8 Å². The first-order valence-electron chi connectivity index (χ1n) is 7.90. The predicted molar refractivity (Wildman–Crippen MR) is 86.5 cm³/mol. The molecule has 0 aliphatic heterocycles. The van der Waals surface area contributed by atoms with Crippen LogP contribution in [0.1, 0.15) is 42.0 Å². The number of nitrogens with zero attached hydrogens (tertiary/aromatic N) is 1. The van der Waals surface area contributed by atoms with Gasteiger partial charge in [-0.3, -0.25) is 4.72 Å². The SMILES string of the molecule is N#Cc1ccc(NS(=O)(=O)c2c[nH]c3c2CC2CCC3C2)c(F)c1. The molecule has 1 fully saturated rings. The molecule has 2 aliphatic rings. The van der Waals surface area contributed by atoms with Gasteiger partial charge >= 0.3 is 0 Å². The number of halogens is 1. The number of aromatic amines is 1. The van der Waals surface area contributed by atoms with Crippen LogP contribution < -0.4 is 4.72 Å². The number of benzene rings is 1. The summed E-state index contributed by atoms with van der Waals surface area (Å²) in [5.74, 6) is 0.190. The van der Waals surface area contributed by atoms with Crippen molar-refractivity contribution in [2.24, 2.45) is 5.92 Å². The number of nitrogens with one attached hydrogen (secondary N) is 2. The maximum absolute atomic E-state index is 14.0. The number of H-pyrrole nitrogens is 1. The maximum Gasteiger partial charge on any atom is 0.263 e. The lowest BCUT2D eigenvalue weighted by atomic mass is 9.88. The maximum atomic E-state index is 14.0. The van der Waals surface area contributed by atoms with Gasteiger partial charge in [-0.05, 0) is 61.3 Å². The lowest BCUT2D eigenvalue weighted by Gasteiger charge is -2.20. The van der Waals surface area contributed by atoms with E-state index in [0.29, 0.717) is 11.8 Å². The van der Waals surface area contributed by atoms with Crippen molar-refractivity contribution in [1.29, 1.82) is 5.26 Å². The van der Waals surface area contributed by atoms with Crippen LogP contribution in [-0.2, 0) is 16.4 Å². The van der Waals surface area contributed by atoms with Crippen molar-refractivity contribution in [2.75, 3.05) is 4.72 Å². The average molecular weight is 345 g/mol. The van der Waals surface area contributed by atoms with Crippen LogP contribution in [0.3, 0.4) is 0 Å². The van der Waals surface area contributed by atoms with Crippen molar-refractivity contribution in [3.63, 3.8) is 0 Å². The van der Waals surface area contributed by atoms with Crippen molar-refractivity contribution < 1.29 is 12.8 Å². The third kappa shape index (κ3) is 2.38. The summed E-state index contributed by atoms with van der Waals surface area (Å²) in [6.45, 7) is 0. The summed E-state index contributed by atoms with van der Waals surface area (Å²) in [4.78, 5) is 3.33. The number of aromatic nitrogens is 1. The van der Waals surface area contributed by atoms with Crippen LogP contribution in [0.15, 0.2) is 29.3 Å². The molecule has 0 radical (unpaired) electrons. The smallest absolute Gasteiger partial charge is 0.263 e. The Morgan fingerprint density at radius 1 is 1.33 bits per heavy atom. The van der Waals surface area contributed by atoms with Gasteiger partial charge in [-0.15, -0.1) is 0 Å². The van der Waals surface area contributed by atoms with Gasteiger partial charge in [-0.2, -0.15) is 5.26 Å². The highest BCUT2D eigenvalue weighted by molar-refractivity contribution is 7.92. The van der Waals surface area contributed by atoms with Crippen LogP contribution >= 0.6 is 0 Å². The summed E-state index contributed by atoms with van der Waals surface area (Å²) >= 11 is 0. The molecule has 2 aliphatic carbocycles. The Morgan fingerprint density at radius 3 is 2.92 bits per heavy atom. The first-order valence-corrected chi connectivity index (χ1v) is 9.39. The number of anilines is 1. The van der Waals surface area contributed by atoms with Gasteiger partial charge in [0.25, 0.3) is 10.0 Å². The normalized spacial score (nSPS) is 22.0. The zero-order valence-corrected chi connectivity index (χ0v) is 13.7. The molecule has 24 heavy (non-hydrogen) atoms. The highest BCUT2D eigenvalue weighted by atomic mass is 32.2. The topological polar surface area (TPSA) is 85.8 Å². The molecule has 2 unspecified atom stereocenters. The number of hydrogen-bond donors (Lipinski definition) is 2. The van der Waals surface area contributed by atoms with Crippen molar-refractivity contribution in [3.8, 4) is 6.07 Å². The van der Waals surface area contributed by atoms with Crippen LogP contribution in [-0.4, -0.2) is 13.4 Å². The fourth-order valence-corrected chi connectivity index (χ4v) is 5.24. The van der Waals surface area contributed by atoms with E-state index in [1.54, 1.807) is 0 Å². The minimum absolute atomic E-state index is 0.144. The number of nitriles is 1. The summed E-state index contributed by atoms with van der Waals surface area (Å²) in [6.07, 6.45) is 5.60. The third-order valence-electron chi connectivity index (χ3n) is 5.06. The molecule has 0 amide bonds. The van der Waals surface area contributed by atoms with E-state index in [1.807, 2.05) is 6.07 Å². The van der Waals surface area contributed by atoms with Crippen LogP contribution in [0, 0.1) is 23.1 Å². The van der Waals surface area contributed by atoms with Gasteiger partial charge in [0.1, 0.15) is 10.7 Å². The average Bonchev–Trinajstić information content (AvgIpc) is 3.15. The van der Waals surface area contributed by atoms with E-state index in [9.17, 15) is 12.8 Å². The van der Waals surface area contributed by atoms with Gasteiger partial charge in [0.05, 0.1) is 17.3 Å². The Kier molecular flexibility index (Phi) is 3.39. The van der Waals surface area contributed by atoms with Crippen LogP contribution in [0.2, 0.25) is 0 Å². The van der Waals surface area contributed by atoms with Gasteiger partial charge in [0, 0.05) is 11.9 Å². The van der Waals surface area contributed by atoms with Crippen molar-refractivity contribution >= 4 is 15.7 Å². The fraction of sp³-hybridized carbons (Fsp3) is 0.353. The van der Waals surface area contributed by atoms with E-state index >= 15 is 0 Å². The quantitative estimate of drug-likeness (QED) is 0.895. The fourth-order valence-electron chi connectivity index (χ4n) is 3.94. The van der Waals surface area contributed by atoms with Crippen LogP contribution in [0.4, 0.5) is 10.1 Å². The largest absolute Gasteiger partial charge is 0.363 e. The molecule has 0 spiro atoms. The van der Waals surface area contributed by atoms with E-state index in [0.717, 1.165) is 43.0 Å². The molecule has 2 atom stereocenters. The molecule has 4 rings (SSSR count). The highest BCUT2D eigenvalue weighted by Crippen LogP contribution is 2.47. The number of fused-ring (bicyclic) bond motifs is 4. The zero-order valence-electron chi connectivity index (χ0n) is 12.8. The molecule has 1 aromatic carbocycles. The molecule has 2 N–H and O–H groups in total. The first-order chi connectivity index (χ1) is 11.5. The minimum Gasteiger partial charge on any atom is -0.363 e. The first kappa shape index (κ1) is 15.2. The number of hydrogen-bond acceptors (Lipinski definition) is 3. The van der Waals surface area contributed by atoms with Crippen molar-refractivity contribution in [2.45, 2.75) is 36.5 Å². The number of rotatable bonds is 3. The van der Waals surface area contributed by atoms with Gasteiger partial charge < -0.3 is 4.98 Å². The molecule has 124 valence electrons. The van der Waals surface area contributed by atoms with Gasteiger partial charge in [-0.1, -0.05) is 0 Å². The summed E-state index contributed by atoms with van der Waals surface area (Å²) in [5.41, 5.74) is 1.86. The Balaban J connectivity index is 1.69. The van der Waals surface area contributed by atoms with Crippen molar-refractivity contribution in [3.05, 3.63) is 47.0 Å². The predicted octanol–water partition coefficient (Wildman–Crippen LogP) is 3.27. The minimum atomic E-state index is -3.88. The molecule has 7 heteroatoms. The van der Waals surface area contributed by atoms with Gasteiger partial charge in [0.15, 0.2) is 0 Å². The molecular formula is C17H16FN3O2S. The Labute approximate surface area is 139 Å². The van der Waals surface area contributed by atoms with Crippen LogP contribution in [0.25, 0.3) is 0 Å². The Bertz CT molecular complexity index is 959. The Hall–Kier alpha value is -2.33. The van der Waals surface area contributed by atoms with Crippen LogP contribution in [0.5, 0.6) is 0 Å². The van der Waals surface area contributed by atoms with Crippen molar-refractivity contribution in [1.82, 2.24) is 4.98 Å². The highest BCUT2D eigenvalue weighted by Gasteiger charge is 2.37. The Morgan fingerprint density at radius 2 is 2.17 bits per heavy atom. The molecule has 5 nitrogen and oxygen atoms in total. The molecular weight excluding hydrogens is 329 g/mol. The second-order valence-corrected chi connectivity index (χ2v) is 8.19. The number of sulfonamides is 1.